The molecule has 2 amide bonds. The molecular weight excluding hydrogens is 374 g/mol. The maximum Gasteiger partial charge on any atom is 0.251 e. The zero-order valence-corrected chi connectivity index (χ0v) is 16.6. The molecule has 2 N–H and O–H groups in total. The van der Waals surface area contributed by atoms with Crippen LogP contribution in [0.25, 0.3) is 12.2 Å². The summed E-state index contributed by atoms with van der Waals surface area (Å²) in [4.78, 5) is 28.9. The van der Waals surface area contributed by atoms with Crippen LogP contribution in [-0.2, 0) is 16.0 Å². The predicted octanol–water partition coefficient (Wildman–Crippen LogP) is 4.62. The number of fused-ring (bicyclic) bond motifs is 1. The minimum Gasteiger partial charge on any atom is -0.322 e. The van der Waals surface area contributed by atoms with Gasteiger partial charge in [-0.25, -0.2) is 4.98 Å². The van der Waals surface area contributed by atoms with E-state index in [0.29, 0.717) is 17.8 Å². The lowest BCUT2D eigenvalue weighted by molar-refractivity contribution is -0.113. The third-order valence-electron chi connectivity index (χ3n) is 4.84. The molecule has 0 bridgehead atoms. The van der Waals surface area contributed by atoms with Crippen molar-refractivity contribution in [3.05, 3.63) is 101 Å². The molecule has 148 valence electrons. The molecule has 0 spiro atoms. The molecule has 1 aliphatic rings. The first-order valence-corrected chi connectivity index (χ1v) is 9.69. The van der Waals surface area contributed by atoms with Crippen LogP contribution in [0.15, 0.2) is 78.5 Å². The van der Waals surface area contributed by atoms with Crippen molar-refractivity contribution in [3.63, 3.8) is 0 Å². The summed E-state index contributed by atoms with van der Waals surface area (Å²) in [5.41, 5.74) is 5.38. The summed E-state index contributed by atoms with van der Waals surface area (Å²) in [6.45, 7) is 1.94. The Morgan fingerprint density at radius 2 is 1.80 bits per heavy atom. The van der Waals surface area contributed by atoms with Crippen molar-refractivity contribution in [1.29, 1.82) is 0 Å². The number of nitrogens with zero attached hydrogens (tertiary/aromatic N) is 1. The number of pyridine rings is 1. The fourth-order valence-corrected chi connectivity index (χ4v) is 3.26. The minimum absolute atomic E-state index is 0.101. The number of amides is 2. The van der Waals surface area contributed by atoms with Crippen LogP contribution in [0.1, 0.15) is 22.3 Å². The van der Waals surface area contributed by atoms with Crippen molar-refractivity contribution in [3.8, 4) is 0 Å². The largest absolute Gasteiger partial charge is 0.322 e. The number of para-hydroxylation sites is 1. The summed E-state index contributed by atoms with van der Waals surface area (Å²) >= 11 is 0. The quantitative estimate of drug-likeness (QED) is 0.633. The number of nitrogens with one attached hydrogen (secondary N) is 2. The van der Waals surface area contributed by atoms with Crippen LogP contribution in [0, 0.1) is 6.92 Å². The Morgan fingerprint density at radius 3 is 2.60 bits per heavy atom. The van der Waals surface area contributed by atoms with Gasteiger partial charge in [0.25, 0.3) is 5.91 Å². The van der Waals surface area contributed by atoms with Gasteiger partial charge < -0.3 is 10.6 Å². The summed E-state index contributed by atoms with van der Waals surface area (Å²) in [5.74, 6) is 0.136. The lowest BCUT2D eigenvalue weighted by Gasteiger charge is -2.19. The number of anilines is 2. The molecule has 0 radical (unpaired) electrons. The molecule has 1 aromatic heterocycles. The maximum absolute atomic E-state index is 12.5. The van der Waals surface area contributed by atoms with Crippen LogP contribution >= 0.6 is 0 Å². The van der Waals surface area contributed by atoms with Crippen molar-refractivity contribution in [1.82, 2.24) is 4.98 Å². The summed E-state index contributed by atoms with van der Waals surface area (Å²) in [6.07, 6.45) is 7.36. The predicted molar refractivity (Wildman–Crippen MR) is 120 cm³/mol. The van der Waals surface area contributed by atoms with Crippen molar-refractivity contribution < 1.29 is 9.59 Å². The van der Waals surface area contributed by atoms with E-state index in [-0.39, 0.29) is 11.8 Å². The fourth-order valence-electron chi connectivity index (χ4n) is 3.26. The standard InChI is InChI=1S/C25H21N3O2/c1-17-10-12-23(26-16-17)28-24(29)13-11-18-6-2-3-7-19(18)14-21-15-20-8-4-5-9-22(20)27-25(21)30/h2-14,16H,15H2,1H3,(H,27,30)(H,26,28,29)/b13-11+,21-14?. The average molecular weight is 395 g/mol. The molecule has 30 heavy (non-hydrogen) atoms. The molecule has 5 heteroatoms. The van der Waals surface area contributed by atoms with Gasteiger partial charge in [-0.15, -0.1) is 0 Å². The van der Waals surface area contributed by atoms with Crippen LogP contribution in [0.4, 0.5) is 11.5 Å². The molecule has 0 aliphatic carbocycles. The van der Waals surface area contributed by atoms with E-state index in [1.54, 1.807) is 18.3 Å². The third-order valence-corrected chi connectivity index (χ3v) is 4.84. The summed E-state index contributed by atoms with van der Waals surface area (Å²) in [5, 5.41) is 5.68. The SMILES string of the molecule is Cc1ccc(NC(=O)/C=C/c2ccccc2C=C2Cc3ccccc3NC2=O)nc1. The normalized spacial score (nSPS) is 14.4. The van der Waals surface area contributed by atoms with Gasteiger partial charge in [0.15, 0.2) is 0 Å². The summed E-state index contributed by atoms with van der Waals surface area (Å²) in [6, 6.07) is 19.1. The zero-order valence-electron chi connectivity index (χ0n) is 16.6. The van der Waals surface area contributed by atoms with Gasteiger partial charge in [0.05, 0.1) is 0 Å². The molecular formula is C25H21N3O2. The van der Waals surface area contributed by atoms with Gasteiger partial charge in [-0.05, 0) is 53.5 Å². The molecule has 2 aromatic carbocycles. The smallest absolute Gasteiger partial charge is 0.251 e. The van der Waals surface area contributed by atoms with Crippen LogP contribution in [0.2, 0.25) is 0 Å². The number of aryl methyl sites for hydroxylation is 1. The first-order valence-electron chi connectivity index (χ1n) is 9.69. The number of carbonyl (C=O) groups is 2. The Labute approximate surface area is 175 Å². The van der Waals surface area contributed by atoms with Gasteiger partial charge in [0.1, 0.15) is 5.82 Å². The number of hydrogen-bond acceptors (Lipinski definition) is 3. The first kappa shape index (κ1) is 19.3. The molecule has 3 aromatic rings. The van der Waals surface area contributed by atoms with Gasteiger partial charge in [-0.2, -0.15) is 0 Å². The molecule has 5 nitrogen and oxygen atoms in total. The number of benzene rings is 2. The van der Waals surface area contributed by atoms with Gasteiger partial charge in [-0.1, -0.05) is 48.5 Å². The minimum atomic E-state index is -0.266. The van der Waals surface area contributed by atoms with Crippen LogP contribution in [-0.4, -0.2) is 16.8 Å². The van der Waals surface area contributed by atoms with Crippen molar-refractivity contribution in [2.75, 3.05) is 10.6 Å². The molecule has 1 aliphatic heterocycles. The van der Waals surface area contributed by atoms with Crippen molar-refractivity contribution >= 4 is 35.5 Å². The topological polar surface area (TPSA) is 71.1 Å². The first-order chi connectivity index (χ1) is 14.6. The van der Waals surface area contributed by atoms with Crippen molar-refractivity contribution in [2.24, 2.45) is 0 Å². The summed E-state index contributed by atoms with van der Waals surface area (Å²) < 4.78 is 0. The van der Waals surface area contributed by atoms with Gasteiger partial charge >= 0.3 is 0 Å². The molecule has 2 heterocycles. The Bertz CT molecular complexity index is 1160. The van der Waals surface area contributed by atoms with E-state index in [0.717, 1.165) is 27.9 Å². The van der Waals surface area contributed by atoms with Gasteiger partial charge in [0.2, 0.25) is 5.91 Å². The molecule has 0 saturated carbocycles. The van der Waals surface area contributed by atoms with Crippen molar-refractivity contribution in [2.45, 2.75) is 13.3 Å². The van der Waals surface area contributed by atoms with Gasteiger partial charge in [-0.3, -0.25) is 9.59 Å². The monoisotopic (exact) mass is 395 g/mol. The van der Waals surface area contributed by atoms with E-state index < -0.39 is 0 Å². The average Bonchev–Trinajstić information content (AvgIpc) is 2.75. The number of aromatic nitrogens is 1. The molecule has 4 rings (SSSR count). The highest BCUT2D eigenvalue weighted by Crippen LogP contribution is 2.26. The van der Waals surface area contributed by atoms with E-state index in [9.17, 15) is 9.59 Å². The number of rotatable bonds is 4. The van der Waals surface area contributed by atoms with E-state index in [4.69, 9.17) is 0 Å². The number of hydrogen-bond donors (Lipinski definition) is 2. The second-order valence-corrected chi connectivity index (χ2v) is 7.13. The number of carbonyl (C=O) groups excluding carboxylic acids is 2. The lowest BCUT2D eigenvalue weighted by Crippen LogP contribution is -2.22. The molecule has 0 saturated heterocycles. The second-order valence-electron chi connectivity index (χ2n) is 7.13. The molecule has 0 unspecified atom stereocenters. The Balaban J connectivity index is 1.53. The third kappa shape index (κ3) is 4.52. The zero-order chi connectivity index (χ0) is 20.9. The highest BCUT2D eigenvalue weighted by molar-refractivity contribution is 6.10. The summed E-state index contributed by atoms with van der Waals surface area (Å²) in [7, 11) is 0. The van der Waals surface area contributed by atoms with E-state index in [2.05, 4.69) is 15.6 Å². The van der Waals surface area contributed by atoms with Crippen LogP contribution in [0.3, 0.4) is 0 Å². The molecule has 0 atom stereocenters. The highest BCUT2D eigenvalue weighted by Gasteiger charge is 2.19. The van der Waals surface area contributed by atoms with E-state index >= 15 is 0 Å². The lowest BCUT2D eigenvalue weighted by atomic mass is 9.95. The van der Waals surface area contributed by atoms with Crippen LogP contribution in [0.5, 0.6) is 0 Å². The van der Waals surface area contributed by atoms with Gasteiger partial charge in [0, 0.05) is 30.0 Å². The Kier molecular flexibility index (Phi) is 5.52. The highest BCUT2D eigenvalue weighted by atomic mass is 16.2. The second kappa shape index (κ2) is 8.57. The molecule has 0 fully saturated rings. The Hall–Kier alpha value is -3.99. The van der Waals surface area contributed by atoms with E-state index in [1.807, 2.05) is 67.6 Å². The maximum atomic E-state index is 12.5. The Morgan fingerprint density at radius 1 is 1.03 bits per heavy atom. The van der Waals surface area contributed by atoms with Crippen LogP contribution < -0.4 is 10.6 Å². The fraction of sp³-hybridized carbons (Fsp3) is 0.0800. The van der Waals surface area contributed by atoms with E-state index in [1.165, 1.54) is 6.08 Å².